The second kappa shape index (κ2) is 29.8. The predicted octanol–water partition coefficient (Wildman–Crippen LogP) is 3.36. The van der Waals surface area contributed by atoms with Crippen LogP contribution in [-0.4, -0.2) is 134 Å². The van der Waals surface area contributed by atoms with E-state index in [4.69, 9.17) is 23.8 Å². The van der Waals surface area contributed by atoms with Gasteiger partial charge in [-0.25, -0.2) is 0 Å². The number of hydrogen-bond acceptors (Lipinski definition) is 12. The van der Waals surface area contributed by atoms with E-state index in [1.54, 1.807) is 0 Å². The van der Waals surface area contributed by atoms with Crippen LogP contribution in [0.4, 0.5) is 0 Å². The van der Waals surface area contributed by atoms with Gasteiger partial charge in [-0.15, -0.1) is 0 Å². The van der Waals surface area contributed by atoms with Crippen molar-refractivity contribution < 1.29 is 52.6 Å². The van der Waals surface area contributed by atoms with E-state index in [-0.39, 0.29) is 76.8 Å². The summed E-state index contributed by atoms with van der Waals surface area (Å²) in [5.74, 6) is -3.37. The second-order valence-electron chi connectivity index (χ2n) is 13.9. The number of amides is 5. The highest BCUT2D eigenvalue weighted by atomic mass is 16.7. The summed E-state index contributed by atoms with van der Waals surface area (Å²) < 4.78 is 24.2. The molecule has 1 rings (SSSR count). The normalized spacial score (nSPS) is 13.0. The van der Waals surface area contributed by atoms with Crippen molar-refractivity contribution in [2.75, 3.05) is 52.6 Å². The molecular formula is C40H71N5O11. The number of nitrogens with one attached hydrogen (secondary N) is 3. The molecule has 16 heteroatoms. The highest BCUT2D eigenvalue weighted by Crippen LogP contribution is 2.10. The van der Waals surface area contributed by atoms with Crippen LogP contribution in [-0.2, 0) is 52.6 Å². The molecule has 0 aromatic rings. The lowest BCUT2D eigenvalue weighted by Crippen LogP contribution is -2.52. The topological polar surface area (TPSA) is 191 Å². The van der Waals surface area contributed by atoms with Gasteiger partial charge in [0.15, 0.2) is 0 Å². The first kappa shape index (κ1) is 50.6. The number of rotatable bonds is 33. The van der Waals surface area contributed by atoms with Crippen molar-refractivity contribution in [1.82, 2.24) is 25.9 Å². The first-order chi connectivity index (χ1) is 26.9. The smallest absolute Gasteiger partial charge is 0.325 e. The zero-order valence-corrected chi connectivity index (χ0v) is 35.2. The molecule has 0 spiro atoms. The first-order valence-electron chi connectivity index (χ1n) is 20.7. The van der Waals surface area contributed by atoms with Gasteiger partial charge >= 0.3 is 5.97 Å². The molecule has 0 atom stereocenters. The number of carbonyl (C=O) groups is 6. The Labute approximate surface area is 334 Å². The van der Waals surface area contributed by atoms with Gasteiger partial charge in [-0.05, 0) is 51.4 Å². The molecule has 1 heterocycles. The van der Waals surface area contributed by atoms with Crippen LogP contribution in [0.1, 0.15) is 120 Å². The summed E-state index contributed by atoms with van der Waals surface area (Å²) in [7, 11) is 0. The molecule has 16 nitrogen and oxygen atoms in total. The Balaban J connectivity index is 3.08. The van der Waals surface area contributed by atoms with Crippen LogP contribution in [0.15, 0.2) is 12.2 Å². The van der Waals surface area contributed by atoms with Gasteiger partial charge in [-0.2, -0.15) is 5.48 Å². The summed E-state index contributed by atoms with van der Waals surface area (Å²) >= 11 is 0. The summed E-state index contributed by atoms with van der Waals surface area (Å²) in [6.45, 7) is 16.1. The summed E-state index contributed by atoms with van der Waals surface area (Å²) in [5, 5.41) is 5.86. The Morgan fingerprint density at radius 3 is 1.29 bits per heavy atom. The third-order valence-electron chi connectivity index (χ3n) is 9.59. The molecule has 0 saturated heterocycles. The highest BCUT2D eigenvalue weighted by molar-refractivity contribution is 6.12. The molecule has 56 heavy (non-hydrogen) atoms. The zero-order chi connectivity index (χ0) is 41.9. The Morgan fingerprint density at radius 1 is 0.589 bits per heavy atom. The third-order valence-corrected chi connectivity index (χ3v) is 9.59. The van der Waals surface area contributed by atoms with Gasteiger partial charge in [-0.1, -0.05) is 55.4 Å². The summed E-state index contributed by atoms with van der Waals surface area (Å²) in [6, 6.07) is -1.02. The molecule has 0 radical (unpaired) electrons. The van der Waals surface area contributed by atoms with Crippen LogP contribution < -0.4 is 16.1 Å². The molecule has 0 aromatic heterocycles. The standard InChI is InChI=1S/C40H71N5O11/c1-9-31(10-2)52-25-29(26-53-32(11-3)12-4)42-35(46)23-44(37(48)19-20-40(51)56-41-21-22-45-38(49)17-18-39(45)50)24-36(47)43-30(27-54-33(13-5)14-6)28-55-34(15-7)16-8/h17-18,29-34,41H,9-16,19-28H2,1-8H3,(H,42,46)(H,43,47). The first-order valence-corrected chi connectivity index (χ1v) is 20.7. The minimum Gasteiger partial charge on any atom is -0.376 e. The molecule has 0 fully saturated rings. The fraction of sp³-hybridized carbons (Fsp3) is 0.800. The van der Waals surface area contributed by atoms with Crippen molar-refractivity contribution in [2.45, 2.75) is 156 Å². The van der Waals surface area contributed by atoms with Crippen LogP contribution >= 0.6 is 0 Å². The van der Waals surface area contributed by atoms with Gasteiger partial charge in [0.05, 0.1) is 75.9 Å². The summed E-state index contributed by atoms with van der Waals surface area (Å²) in [4.78, 5) is 83.7. The molecule has 0 saturated carbocycles. The summed E-state index contributed by atoms with van der Waals surface area (Å²) in [6.07, 6.45) is 8.09. The largest absolute Gasteiger partial charge is 0.376 e. The Kier molecular flexibility index (Phi) is 26.9. The number of imide groups is 1. The van der Waals surface area contributed by atoms with Crippen molar-refractivity contribution in [1.29, 1.82) is 0 Å². The van der Waals surface area contributed by atoms with Crippen molar-refractivity contribution in [3.8, 4) is 0 Å². The lowest BCUT2D eigenvalue weighted by Gasteiger charge is -2.27. The SMILES string of the molecule is CCC(CC)OCC(COC(CC)CC)NC(=O)CN(CC(=O)NC(COC(CC)CC)COC(CC)CC)C(=O)CCC(=O)ONCCN1C(=O)C=CC1=O. The molecule has 322 valence electrons. The van der Waals surface area contributed by atoms with Gasteiger partial charge in [0, 0.05) is 25.1 Å². The highest BCUT2D eigenvalue weighted by Gasteiger charge is 2.26. The van der Waals surface area contributed by atoms with Crippen molar-refractivity contribution in [3.05, 3.63) is 12.2 Å². The maximum absolute atomic E-state index is 13.6. The Bertz CT molecular complexity index is 1100. The lowest BCUT2D eigenvalue weighted by molar-refractivity contribution is -0.153. The number of ether oxygens (including phenoxy) is 4. The number of hydrogen-bond donors (Lipinski definition) is 3. The monoisotopic (exact) mass is 798 g/mol. The molecule has 1 aliphatic heterocycles. The number of hydroxylamine groups is 1. The van der Waals surface area contributed by atoms with E-state index in [9.17, 15) is 28.8 Å². The number of carbonyl (C=O) groups excluding carboxylic acids is 6. The zero-order valence-electron chi connectivity index (χ0n) is 35.2. The maximum atomic E-state index is 13.6. The van der Waals surface area contributed by atoms with Crippen LogP contribution in [0.2, 0.25) is 0 Å². The molecule has 0 bridgehead atoms. The van der Waals surface area contributed by atoms with Gasteiger partial charge < -0.3 is 39.3 Å². The van der Waals surface area contributed by atoms with Crippen LogP contribution in [0, 0.1) is 0 Å². The summed E-state index contributed by atoms with van der Waals surface area (Å²) in [5.41, 5.74) is 2.40. The van der Waals surface area contributed by atoms with Crippen molar-refractivity contribution >= 4 is 35.5 Å². The van der Waals surface area contributed by atoms with E-state index >= 15 is 0 Å². The third kappa shape index (κ3) is 20.6. The van der Waals surface area contributed by atoms with E-state index in [1.165, 1.54) is 0 Å². The number of nitrogens with zero attached hydrogens (tertiary/aromatic N) is 2. The van der Waals surface area contributed by atoms with Crippen molar-refractivity contribution in [3.63, 3.8) is 0 Å². The van der Waals surface area contributed by atoms with E-state index in [2.05, 4.69) is 16.1 Å². The minimum atomic E-state index is -0.779. The van der Waals surface area contributed by atoms with Gasteiger partial charge in [-0.3, -0.25) is 33.7 Å². The molecule has 0 aliphatic carbocycles. The van der Waals surface area contributed by atoms with E-state index in [0.717, 1.165) is 73.3 Å². The Morgan fingerprint density at radius 2 is 0.946 bits per heavy atom. The maximum Gasteiger partial charge on any atom is 0.325 e. The molecule has 5 amide bonds. The van der Waals surface area contributed by atoms with Crippen LogP contribution in [0.25, 0.3) is 0 Å². The molecular weight excluding hydrogens is 726 g/mol. The molecule has 0 unspecified atom stereocenters. The van der Waals surface area contributed by atoms with Gasteiger partial charge in [0.25, 0.3) is 11.8 Å². The van der Waals surface area contributed by atoms with E-state index in [0.29, 0.717) is 0 Å². The van der Waals surface area contributed by atoms with E-state index in [1.807, 2.05) is 55.4 Å². The van der Waals surface area contributed by atoms with Crippen LogP contribution in [0.3, 0.4) is 0 Å². The van der Waals surface area contributed by atoms with Gasteiger partial charge in [0.1, 0.15) is 13.1 Å². The lowest BCUT2D eigenvalue weighted by atomic mass is 10.2. The molecule has 0 aromatic carbocycles. The van der Waals surface area contributed by atoms with Gasteiger partial charge in [0.2, 0.25) is 17.7 Å². The molecule has 1 aliphatic rings. The van der Waals surface area contributed by atoms with Crippen molar-refractivity contribution in [2.24, 2.45) is 0 Å². The fourth-order valence-corrected chi connectivity index (χ4v) is 5.85. The quantitative estimate of drug-likeness (QED) is 0.0500. The fourth-order valence-electron chi connectivity index (χ4n) is 5.85. The molecule has 3 N–H and O–H groups in total. The average Bonchev–Trinajstić information content (AvgIpc) is 3.51. The van der Waals surface area contributed by atoms with E-state index < -0.39 is 60.7 Å². The Hall–Kier alpha value is -3.44. The van der Waals surface area contributed by atoms with Crippen LogP contribution in [0.5, 0.6) is 0 Å². The predicted molar refractivity (Wildman–Crippen MR) is 211 cm³/mol. The average molecular weight is 798 g/mol. The minimum absolute atomic E-state index is 0.0107. The second-order valence-corrected chi connectivity index (χ2v) is 13.9.